The Bertz CT molecular complexity index is 400. The second-order valence-corrected chi connectivity index (χ2v) is 3.83. The molecule has 1 aromatic carbocycles. The summed E-state index contributed by atoms with van der Waals surface area (Å²) in [5.74, 6) is 0. The van der Waals surface area contributed by atoms with Gasteiger partial charge in [-0.25, -0.2) is 0 Å². The van der Waals surface area contributed by atoms with Crippen LogP contribution in [0.2, 0.25) is 0 Å². The highest BCUT2D eigenvalue weighted by atomic mass is 16.6. The lowest BCUT2D eigenvalue weighted by atomic mass is 10.0. The molecule has 1 aromatic rings. The molecule has 1 saturated heterocycles. The summed E-state index contributed by atoms with van der Waals surface area (Å²) in [6.45, 7) is 3.77. The molecule has 0 saturated carbocycles. The quantitative estimate of drug-likeness (QED) is 0.609. The van der Waals surface area contributed by atoms with Crippen LogP contribution in [0.1, 0.15) is 17.2 Å². The molecule has 1 fully saturated rings. The van der Waals surface area contributed by atoms with E-state index in [-0.39, 0.29) is 16.7 Å². The zero-order valence-corrected chi connectivity index (χ0v) is 9.10. The molecule has 1 aliphatic rings. The summed E-state index contributed by atoms with van der Waals surface area (Å²) in [5, 5.41) is 14.2. The molecule has 0 amide bonds. The fourth-order valence-corrected chi connectivity index (χ4v) is 1.96. The Morgan fingerprint density at radius 1 is 1.56 bits per heavy atom. The zero-order valence-electron chi connectivity index (χ0n) is 9.10. The number of nitrogens with one attached hydrogen (secondary N) is 1. The molecule has 1 aliphatic heterocycles. The van der Waals surface area contributed by atoms with Crippen molar-refractivity contribution in [3.63, 3.8) is 0 Å². The Hall–Kier alpha value is -1.46. The Morgan fingerprint density at radius 3 is 3.00 bits per heavy atom. The highest BCUT2D eigenvalue weighted by Gasteiger charge is 2.25. The maximum atomic E-state index is 11.0. The van der Waals surface area contributed by atoms with Crippen molar-refractivity contribution in [2.75, 3.05) is 19.7 Å². The molecule has 86 valence electrons. The monoisotopic (exact) mass is 222 g/mol. The third kappa shape index (κ3) is 2.05. The van der Waals surface area contributed by atoms with Crippen LogP contribution in [-0.2, 0) is 4.74 Å². The molecule has 1 heterocycles. The smallest absolute Gasteiger partial charge is 0.278 e. The van der Waals surface area contributed by atoms with E-state index in [1.54, 1.807) is 19.1 Å². The Labute approximate surface area is 93.6 Å². The van der Waals surface area contributed by atoms with Crippen molar-refractivity contribution < 1.29 is 9.66 Å². The molecule has 0 aliphatic carbocycles. The van der Waals surface area contributed by atoms with Crippen LogP contribution in [0.5, 0.6) is 0 Å². The summed E-state index contributed by atoms with van der Waals surface area (Å²) in [7, 11) is 0. The SMILES string of the molecule is Cc1cccc(C2CNCCO2)c1[N+](=O)[O-]. The molecule has 1 atom stereocenters. The second kappa shape index (κ2) is 4.59. The number of nitro groups is 1. The van der Waals surface area contributed by atoms with Crippen LogP contribution in [0.15, 0.2) is 18.2 Å². The van der Waals surface area contributed by atoms with E-state index in [0.29, 0.717) is 24.3 Å². The normalized spacial score (nSPS) is 20.7. The zero-order chi connectivity index (χ0) is 11.5. The largest absolute Gasteiger partial charge is 0.371 e. The number of morpholine rings is 1. The lowest BCUT2D eigenvalue weighted by Crippen LogP contribution is -2.33. The maximum absolute atomic E-state index is 11.0. The summed E-state index contributed by atoms with van der Waals surface area (Å²) in [6.07, 6.45) is -0.214. The van der Waals surface area contributed by atoms with E-state index in [2.05, 4.69) is 5.32 Å². The molecule has 16 heavy (non-hydrogen) atoms. The lowest BCUT2D eigenvalue weighted by Gasteiger charge is -2.24. The average Bonchev–Trinajstić information content (AvgIpc) is 2.29. The van der Waals surface area contributed by atoms with Gasteiger partial charge < -0.3 is 10.1 Å². The molecule has 0 aromatic heterocycles. The highest BCUT2D eigenvalue weighted by Crippen LogP contribution is 2.30. The van der Waals surface area contributed by atoms with Crippen LogP contribution in [0.3, 0.4) is 0 Å². The van der Waals surface area contributed by atoms with Gasteiger partial charge in [-0.2, -0.15) is 0 Å². The van der Waals surface area contributed by atoms with E-state index in [1.165, 1.54) is 0 Å². The summed E-state index contributed by atoms with van der Waals surface area (Å²) < 4.78 is 5.54. The van der Waals surface area contributed by atoms with Crippen LogP contribution >= 0.6 is 0 Å². The van der Waals surface area contributed by atoms with Gasteiger partial charge in [-0.3, -0.25) is 10.1 Å². The van der Waals surface area contributed by atoms with Crippen molar-refractivity contribution in [1.82, 2.24) is 5.32 Å². The van der Waals surface area contributed by atoms with Gasteiger partial charge in [0.05, 0.1) is 17.1 Å². The second-order valence-electron chi connectivity index (χ2n) is 3.83. The first kappa shape index (κ1) is 11.0. The maximum Gasteiger partial charge on any atom is 0.278 e. The topological polar surface area (TPSA) is 64.4 Å². The van der Waals surface area contributed by atoms with E-state index in [0.717, 1.165) is 6.54 Å². The molecule has 1 N–H and O–H groups in total. The van der Waals surface area contributed by atoms with E-state index in [9.17, 15) is 10.1 Å². The van der Waals surface area contributed by atoms with Gasteiger partial charge in [-0.05, 0) is 13.0 Å². The Morgan fingerprint density at radius 2 is 2.38 bits per heavy atom. The number of benzene rings is 1. The molecular formula is C11H14N2O3. The molecule has 2 rings (SSSR count). The average molecular weight is 222 g/mol. The number of rotatable bonds is 2. The molecule has 1 unspecified atom stereocenters. The summed E-state index contributed by atoms with van der Waals surface area (Å²) in [4.78, 5) is 10.7. The van der Waals surface area contributed by atoms with E-state index < -0.39 is 0 Å². The van der Waals surface area contributed by atoms with Crippen LogP contribution in [0.4, 0.5) is 5.69 Å². The first-order valence-electron chi connectivity index (χ1n) is 5.26. The van der Waals surface area contributed by atoms with Crippen molar-refractivity contribution in [2.45, 2.75) is 13.0 Å². The van der Waals surface area contributed by atoms with E-state index in [4.69, 9.17) is 4.74 Å². The molecule has 5 nitrogen and oxygen atoms in total. The number of nitrogens with zero attached hydrogens (tertiary/aromatic N) is 1. The van der Waals surface area contributed by atoms with Gasteiger partial charge in [-0.15, -0.1) is 0 Å². The van der Waals surface area contributed by atoms with Crippen LogP contribution < -0.4 is 5.32 Å². The van der Waals surface area contributed by atoms with E-state index in [1.807, 2.05) is 6.07 Å². The molecule has 0 radical (unpaired) electrons. The predicted octanol–water partition coefficient (Wildman–Crippen LogP) is 1.56. The lowest BCUT2D eigenvalue weighted by molar-refractivity contribution is -0.386. The molecular weight excluding hydrogens is 208 g/mol. The van der Waals surface area contributed by atoms with Gasteiger partial charge in [0.25, 0.3) is 5.69 Å². The van der Waals surface area contributed by atoms with Crippen molar-refractivity contribution in [3.05, 3.63) is 39.4 Å². The molecule has 0 spiro atoms. The highest BCUT2D eigenvalue weighted by molar-refractivity contribution is 5.48. The standard InChI is InChI=1S/C11H14N2O3/c1-8-3-2-4-9(11(8)13(14)15)10-7-12-5-6-16-10/h2-4,10,12H,5-7H2,1H3. The van der Waals surface area contributed by atoms with Crippen molar-refractivity contribution in [3.8, 4) is 0 Å². The summed E-state index contributed by atoms with van der Waals surface area (Å²) in [6, 6.07) is 5.34. The number of ether oxygens (including phenoxy) is 1. The third-order valence-corrected chi connectivity index (χ3v) is 2.73. The Balaban J connectivity index is 2.38. The number of hydrogen-bond acceptors (Lipinski definition) is 4. The van der Waals surface area contributed by atoms with Gasteiger partial charge in [-0.1, -0.05) is 12.1 Å². The number of nitro benzene ring substituents is 1. The fourth-order valence-electron chi connectivity index (χ4n) is 1.96. The van der Waals surface area contributed by atoms with Gasteiger partial charge in [0.1, 0.15) is 6.10 Å². The fraction of sp³-hybridized carbons (Fsp3) is 0.455. The first-order valence-corrected chi connectivity index (χ1v) is 5.26. The minimum absolute atomic E-state index is 0.177. The summed E-state index contributed by atoms with van der Waals surface area (Å²) in [5.41, 5.74) is 1.52. The van der Waals surface area contributed by atoms with Crippen LogP contribution in [0.25, 0.3) is 0 Å². The van der Waals surface area contributed by atoms with Gasteiger partial charge in [0.15, 0.2) is 0 Å². The minimum atomic E-state index is -0.331. The van der Waals surface area contributed by atoms with E-state index >= 15 is 0 Å². The number of aryl methyl sites for hydroxylation is 1. The number of para-hydroxylation sites is 1. The molecule has 0 bridgehead atoms. The van der Waals surface area contributed by atoms with Gasteiger partial charge >= 0.3 is 0 Å². The summed E-state index contributed by atoms with van der Waals surface area (Å²) >= 11 is 0. The van der Waals surface area contributed by atoms with Crippen LogP contribution in [0, 0.1) is 17.0 Å². The van der Waals surface area contributed by atoms with Gasteiger partial charge in [0.2, 0.25) is 0 Å². The van der Waals surface area contributed by atoms with Gasteiger partial charge in [0, 0.05) is 18.7 Å². The first-order chi connectivity index (χ1) is 7.70. The minimum Gasteiger partial charge on any atom is -0.371 e. The van der Waals surface area contributed by atoms with Crippen molar-refractivity contribution in [2.24, 2.45) is 0 Å². The number of hydrogen-bond donors (Lipinski definition) is 1. The predicted molar refractivity (Wildman–Crippen MR) is 59.4 cm³/mol. The Kier molecular flexibility index (Phi) is 3.17. The van der Waals surface area contributed by atoms with Crippen molar-refractivity contribution >= 4 is 5.69 Å². The third-order valence-electron chi connectivity index (χ3n) is 2.73. The van der Waals surface area contributed by atoms with Crippen molar-refractivity contribution in [1.29, 1.82) is 0 Å². The molecule has 5 heteroatoms. The van der Waals surface area contributed by atoms with Crippen LogP contribution in [-0.4, -0.2) is 24.6 Å².